The molecule has 0 amide bonds. The van der Waals surface area contributed by atoms with Crippen LogP contribution in [-0.2, 0) is 12.1 Å². The van der Waals surface area contributed by atoms with Crippen molar-refractivity contribution in [2.24, 2.45) is 0 Å². The molecule has 2 aromatic rings. The predicted octanol–water partition coefficient (Wildman–Crippen LogP) is 3.15. The Hall–Kier alpha value is -1.71. The first-order valence-corrected chi connectivity index (χ1v) is 7.44. The number of nitrogens with one attached hydrogen (secondary N) is 1. The van der Waals surface area contributed by atoms with Crippen LogP contribution in [0.4, 0.5) is 4.39 Å². The molecule has 0 saturated carbocycles. The first-order chi connectivity index (χ1) is 10.2. The van der Waals surface area contributed by atoms with Crippen molar-refractivity contribution < 1.29 is 4.39 Å². The fourth-order valence-corrected chi connectivity index (χ4v) is 3.07. The van der Waals surface area contributed by atoms with Crippen LogP contribution in [0.25, 0.3) is 0 Å². The lowest BCUT2D eigenvalue weighted by Gasteiger charge is -2.42. The topological polar surface area (TPSA) is 15.3 Å². The average Bonchev–Trinajstić information content (AvgIpc) is 2.51. The van der Waals surface area contributed by atoms with Crippen molar-refractivity contribution in [1.82, 2.24) is 10.2 Å². The maximum atomic E-state index is 13.8. The molecule has 0 bridgehead atoms. The SMILES string of the molecule is CC1(c2ccccc2)CN(Cc2ccccc2F)CCN1. The van der Waals surface area contributed by atoms with Crippen molar-refractivity contribution in [1.29, 1.82) is 0 Å². The van der Waals surface area contributed by atoms with Gasteiger partial charge in [0.15, 0.2) is 0 Å². The molecule has 1 aliphatic heterocycles. The molecule has 1 unspecified atom stereocenters. The Morgan fingerprint density at radius 1 is 1.10 bits per heavy atom. The van der Waals surface area contributed by atoms with Gasteiger partial charge in [-0.3, -0.25) is 4.90 Å². The van der Waals surface area contributed by atoms with Crippen molar-refractivity contribution in [2.45, 2.75) is 19.0 Å². The molecule has 0 aromatic heterocycles. The molecule has 1 heterocycles. The van der Waals surface area contributed by atoms with Gasteiger partial charge in [0.25, 0.3) is 0 Å². The Bertz CT molecular complexity index is 599. The van der Waals surface area contributed by atoms with E-state index in [0.717, 1.165) is 25.2 Å². The zero-order valence-corrected chi connectivity index (χ0v) is 12.3. The molecule has 1 N–H and O–H groups in total. The minimum atomic E-state index is -0.113. The number of nitrogens with zero attached hydrogens (tertiary/aromatic N) is 1. The summed E-state index contributed by atoms with van der Waals surface area (Å²) in [6.45, 7) is 5.62. The van der Waals surface area contributed by atoms with Crippen LogP contribution >= 0.6 is 0 Å². The number of piperazine rings is 1. The van der Waals surface area contributed by atoms with Crippen LogP contribution in [-0.4, -0.2) is 24.5 Å². The largest absolute Gasteiger partial charge is 0.305 e. The second-order valence-corrected chi connectivity index (χ2v) is 5.93. The second-order valence-electron chi connectivity index (χ2n) is 5.93. The summed E-state index contributed by atoms with van der Waals surface area (Å²) in [4.78, 5) is 2.32. The van der Waals surface area contributed by atoms with Gasteiger partial charge >= 0.3 is 0 Å². The van der Waals surface area contributed by atoms with E-state index in [4.69, 9.17) is 0 Å². The highest BCUT2D eigenvalue weighted by atomic mass is 19.1. The van der Waals surface area contributed by atoms with Gasteiger partial charge in [0, 0.05) is 31.7 Å². The molecular formula is C18H21FN2. The lowest BCUT2D eigenvalue weighted by Crippen LogP contribution is -2.56. The minimum absolute atomic E-state index is 0.0786. The van der Waals surface area contributed by atoms with Gasteiger partial charge in [-0.25, -0.2) is 4.39 Å². The normalized spacial score (nSPS) is 23.1. The summed E-state index contributed by atoms with van der Waals surface area (Å²) in [5.74, 6) is -0.113. The van der Waals surface area contributed by atoms with E-state index in [2.05, 4.69) is 41.4 Å². The van der Waals surface area contributed by atoms with Crippen LogP contribution in [0.15, 0.2) is 54.6 Å². The van der Waals surface area contributed by atoms with Crippen molar-refractivity contribution in [2.75, 3.05) is 19.6 Å². The highest BCUT2D eigenvalue weighted by Crippen LogP contribution is 2.25. The lowest BCUT2D eigenvalue weighted by atomic mass is 9.89. The van der Waals surface area contributed by atoms with Crippen molar-refractivity contribution >= 4 is 0 Å². The highest BCUT2D eigenvalue weighted by Gasteiger charge is 2.32. The minimum Gasteiger partial charge on any atom is -0.305 e. The number of rotatable bonds is 3. The van der Waals surface area contributed by atoms with E-state index in [1.807, 2.05) is 18.2 Å². The van der Waals surface area contributed by atoms with Crippen LogP contribution in [0.2, 0.25) is 0 Å². The Balaban J connectivity index is 1.76. The monoisotopic (exact) mass is 284 g/mol. The van der Waals surface area contributed by atoms with E-state index in [0.29, 0.717) is 6.54 Å². The first-order valence-electron chi connectivity index (χ1n) is 7.44. The Kier molecular flexibility index (Phi) is 4.04. The molecular weight excluding hydrogens is 263 g/mol. The van der Waals surface area contributed by atoms with Gasteiger partial charge in [-0.2, -0.15) is 0 Å². The molecule has 0 spiro atoms. The first kappa shape index (κ1) is 14.2. The van der Waals surface area contributed by atoms with Gasteiger partial charge < -0.3 is 5.32 Å². The zero-order valence-electron chi connectivity index (χ0n) is 12.3. The smallest absolute Gasteiger partial charge is 0.127 e. The Morgan fingerprint density at radius 2 is 1.81 bits per heavy atom. The van der Waals surface area contributed by atoms with Crippen LogP contribution < -0.4 is 5.32 Å². The molecule has 2 aromatic carbocycles. The predicted molar refractivity (Wildman–Crippen MR) is 83.5 cm³/mol. The van der Waals surface area contributed by atoms with E-state index >= 15 is 0 Å². The van der Waals surface area contributed by atoms with E-state index in [1.54, 1.807) is 6.07 Å². The molecule has 21 heavy (non-hydrogen) atoms. The average molecular weight is 284 g/mol. The molecule has 0 radical (unpaired) electrons. The molecule has 110 valence electrons. The van der Waals surface area contributed by atoms with Crippen LogP contribution in [0.3, 0.4) is 0 Å². The van der Waals surface area contributed by atoms with Crippen molar-refractivity contribution in [3.8, 4) is 0 Å². The molecule has 0 aliphatic carbocycles. The molecule has 1 aliphatic rings. The quantitative estimate of drug-likeness (QED) is 0.931. The highest BCUT2D eigenvalue weighted by molar-refractivity contribution is 5.25. The number of benzene rings is 2. The van der Waals surface area contributed by atoms with E-state index in [1.165, 1.54) is 11.6 Å². The summed E-state index contributed by atoms with van der Waals surface area (Å²) >= 11 is 0. The molecule has 2 nitrogen and oxygen atoms in total. The lowest BCUT2D eigenvalue weighted by molar-refractivity contribution is 0.135. The summed E-state index contributed by atoms with van der Waals surface area (Å²) < 4.78 is 13.8. The summed E-state index contributed by atoms with van der Waals surface area (Å²) in [7, 11) is 0. The number of halogens is 1. The van der Waals surface area contributed by atoms with Crippen molar-refractivity contribution in [3.63, 3.8) is 0 Å². The molecule has 1 fully saturated rings. The molecule has 3 heteroatoms. The van der Waals surface area contributed by atoms with Gasteiger partial charge in [0.2, 0.25) is 0 Å². The van der Waals surface area contributed by atoms with Gasteiger partial charge in [-0.1, -0.05) is 48.5 Å². The van der Waals surface area contributed by atoms with Gasteiger partial charge in [-0.15, -0.1) is 0 Å². The molecule has 3 rings (SSSR count). The maximum Gasteiger partial charge on any atom is 0.127 e. The van der Waals surface area contributed by atoms with Gasteiger partial charge in [0.1, 0.15) is 5.82 Å². The summed E-state index contributed by atoms with van der Waals surface area (Å²) in [6, 6.07) is 17.5. The van der Waals surface area contributed by atoms with Crippen LogP contribution in [0, 0.1) is 5.82 Å². The third kappa shape index (κ3) is 3.14. The van der Waals surface area contributed by atoms with Gasteiger partial charge in [-0.05, 0) is 18.6 Å². The van der Waals surface area contributed by atoms with E-state index in [9.17, 15) is 4.39 Å². The summed E-state index contributed by atoms with van der Waals surface area (Å²) in [5.41, 5.74) is 1.98. The molecule has 1 saturated heterocycles. The maximum absolute atomic E-state index is 13.8. The zero-order chi connectivity index (χ0) is 14.7. The van der Waals surface area contributed by atoms with Crippen LogP contribution in [0.1, 0.15) is 18.1 Å². The standard InChI is InChI=1S/C18H21FN2/c1-18(16-8-3-2-4-9-16)14-21(12-11-20-18)13-15-7-5-6-10-17(15)19/h2-10,20H,11-14H2,1H3. The third-order valence-electron chi connectivity index (χ3n) is 4.25. The fourth-order valence-electron chi connectivity index (χ4n) is 3.07. The Morgan fingerprint density at radius 3 is 2.57 bits per heavy atom. The van der Waals surface area contributed by atoms with E-state index < -0.39 is 0 Å². The number of hydrogen-bond acceptors (Lipinski definition) is 2. The Labute approximate surface area is 125 Å². The second kappa shape index (κ2) is 5.96. The summed E-state index contributed by atoms with van der Waals surface area (Å²) in [5, 5.41) is 3.61. The van der Waals surface area contributed by atoms with Crippen molar-refractivity contribution in [3.05, 3.63) is 71.5 Å². The molecule has 1 atom stereocenters. The van der Waals surface area contributed by atoms with Crippen LogP contribution in [0.5, 0.6) is 0 Å². The van der Waals surface area contributed by atoms with Gasteiger partial charge in [0.05, 0.1) is 5.54 Å². The fraction of sp³-hybridized carbons (Fsp3) is 0.333. The number of hydrogen-bond donors (Lipinski definition) is 1. The van der Waals surface area contributed by atoms with E-state index in [-0.39, 0.29) is 11.4 Å². The third-order valence-corrected chi connectivity index (χ3v) is 4.25. The summed E-state index contributed by atoms with van der Waals surface area (Å²) in [6.07, 6.45) is 0.